The van der Waals surface area contributed by atoms with Crippen LogP contribution in [0.25, 0.3) is 0 Å². The molecule has 0 unspecified atom stereocenters. The Morgan fingerprint density at radius 3 is 2.31 bits per heavy atom. The van der Waals surface area contributed by atoms with Crippen LogP contribution in [0.3, 0.4) is 0 Å². The van der Waals surface area contributed by atoms with Gasteiger partial charge in [-0.05, 0) is 43.2 Å². The van der Waals surface area contributed by atoms with Crippen LogP contribution in [0.1, 0.15) is 25.0 Å². The van der Waals surface area contributed by atoms with Gasteiger partial charge < -0.3 is 9.64 Å². The van der Waals surface area contributed by atoms with E-state index in [1.54, 1.807) is 30.0 Å². The molecular formula is C24H33N3O4S. The average molecular weight is 460 g/mol. The first kappa shape index (κ1) is 24.2. The first-order valence-corrected chi connectivity index (χ1v) is 12.6. The van der Waals surface area contributed by atoms with Crippen molar-refractivity contribution in [2.24, 2.45) is 0 Å². The van der Waals surface area contributed by atoms with Crippen LogP contribution in [0.15, 0.2) is 53.4 Å². The van der Waals surface area contributed by atoms with E-state index in [0.717, 1.165) is 25.2 Å². The van der Waals surface area contributed by atoms with Crippen LogP contribution in [0.4, 0.5) is 0 Å². The molecule has 0 aliphatic carbocycles. The Kier molecular flexibility index (Phi) is 8.28. The molecule has 1 heterocycles. The van der Waals surface area contributed by atoms with Gasteiger partial charge in [0.1, 0.15) is 5.75 Å². The molecule has 0 saturated carbocycles. The maximum atomic E-state index is 13.2. The summed E-state index contributed by atoms with van der Waals surface area (Å²) in [5.74, 6) is 0.511. The lowest BCUT2D eigenvalue weighted by Crippen LogP contribution is -2.51. The second-order valence-corrected chi connectivity index (χ2v) is 9.87. The van der Waals surface area contributed by atoms with Gasteiger partial charge in [-0.3, -0.25) is 9.69 Å². The fourth-order valence-electron chi connectivity index (χ4n) is 3.86. The fraction of sp³-hybridized carbons (Fsp3) is 0.458. The van der Waals surface area contributed by atoms with E-state index in [1.165, 1.54) is 9.87 Å². The summed E-state index contributed by atoms with van der Waals surface area (Å²) in [5, 5.41) is 0. The molecule has 0 N–H and O–H groups in total. The van der Waals surface area contributed by atoms with Gasteiger partial charge in [-0.25, -0.2) is 8.42 Å². The molecule has 174 valence electrons. The van der Waals surface area contributed by atoms with Gasteiger partial charge >= 0.3 is 0 Å². The minimum absolute atomic E-state index is 0.149. The zero-order valence-corrected chi connectivity index (χ0v) is 20.0. The topological polar surface area (TPSA) is 70.2 Å². The standard InChI is InChI=1S/C24H33N3O4S/c1-4-27(32(29,30)22-11-12-23(31-5-2)20(3)17-22)19-24(28)26-15-13-25(14-16-26)18-21-9-7-6-8-10-21/h6-12,17H,4-5,13-16,18-19H2,1-3H3. The van der Waals surface area contributed by atoms with Crippen molar-refractivity contribution in [1.29, 1.82) is 0 Å². The SMILES string of the molecule is CCOc1ccc(S(=O)(=O)N(CC)CC(=O)N2CCN(Cc3ccccc3)CC2)cc1C. The van der Waals surface area contributed by atoms with Crippen LogP contribution in [-0.2, 0) is 21.4 Å². The molecule has 32 heavy (non-hydrogen) atoms. The monoisotopic (exact) mass is 459 g/mol. The largest absolute Gasteiger partial charge is 0.494 e. The fourth-order valence-corrected chi connectivity index (χ4v) is 5.35. The molecule has 0 bridgehead atoms. The van der Waals surface area contributed by atoms with Crippen molar-refractivity contribution in [3.05, 3.63) is 59.7 Å². The number of hydrogen-bond acceptors (Lipinski definition) is 5. The molecule has 2 aromatic carbocycles. The molecule has 1 fully saturated rings. The molecule has 0 spiro atoms. The van der Waals surface area contributed by atoms with Gasteiger partial charge in [0.15, 0.2) is 0 Å². The number of amides is 1. The maximum absolute atomic E-state index is 13.2. The minimum Gasteiger partial charge on any atom is -0.494 e. The molecule has 0 atom stereocenters. The van der Waals surface area contributed by atoms with Crippen molar-refractivity contribution in [2.45, 2.75) is 32.2 Å². The molecule has 1 amide bonds. The minimum atomic E-state index is -3.77. The Bertz CT molecular complexity index is 1000. The van der Waals surface area contributed by atoms with Gasteiger partial charge in [-0.2, -0.15) is 4.31 Å². The van der Waals surface area contributed by atoms with Gasteiger partial charge in [0, 0.05) is 39.3 Å². The lowest BCUT2D eigenvalue weighted by molar-refractivity contribution is -0.133. The Balaban J connectivity index is 1.60. The predicted octanol–water partition coefficient (Wildman–Crippen LogP) is 2.75. The molecule has 1 saturated heterocycles. The number of piperazine rings is 1. The highest BCUT2D eigenvalue weighted by atomic mass is 32.2. The van der Waals surface area contributed by atoms with E-state index in [-0.39, 0.29) is 23.9 Å². The molecule has 8 heteroatoms. The number of hydrogen-bond donors (Lipinski definition) is 0. The normalized spacial score (nSPS) is 15.2. The second kappa shape index (κ2) is 10.9. The Hall–Kier alpha value is -2.42. The summed E-state index contributed by atoms with van der Waals surface area (Å²) in [4.78, 5) is 17.2. The highest BCUT2D eigenvalue weighted by molar-refractivity contribution is 7.89. The van der Waals surface area contributed by atoms with Crippen LogP contribution >= 0.6 is 0 Å². The van der Waals surface area contributed by atoms with Gasteiger partial charge in [0.05, 0.1) is 18.0 Å². The highest BCUT2D eigenvalue weighted by Gasteiger charge is 2.29. The van der Waals surface area contributed by atoms with Crippen LogP contribution in [-0.4, -0.2) is 74.3 Å². The molecule has 0 aromatic heterocycles. The Morgan fingerprint density at radius 1 is 1.03 bits per heavy atom. The van der Waals surface area contributed by atoms with Crippen molar-refractivity contribution in [3.8, 4) is 5.75 Å². The van der Waals surface area contributed by atoms with Gasteiger partial charge in [-0.15, -0.1) is 0 Å². The van der Waals surface area contributed by atoms with E-state index >= 15 is 0 Å². The van der Waals surface area contributed by atoms with Crippen molar-refractivity contribution >= 4 is 15.9 Å². The van der Waals surface area contributed by atoms with E-state index < -0.39 is 10.0 Å². The summed E-state index contributed by atoms with van der Waals surface area (Å²) in [6, 6.07) is 15.1. The lowest BCUT2D eigenvalue weighted by Gasteiger charge is -2.35. The quantitative estimate of drug-likeness (QED) is 0.577. The first-order valence-electron chi connectivity index (χ1n) is 11.1. The van der Waals surface area contributed by atoms with Crippen LogP contribution in [0, 0.1) is 6.92 Å². The van der Waals surface area contributed by atoms with Gasteiger partial charge in [-0.1, -0.05) is 37.3 Å². The molecule has 1 aliphatic heterocycles. The number of rotatable bonds is 9. The van der Waals surface area contributed by atoms with E-state index in [4.69, 9.17) is 4.74 Å². The summed E-state index contributed by atoms with van der Waals surface area (Å²) in [6.45, 7) is 9.67. The molecule has 0 radical (unpaired) electrons. The number of aryl methyl sites for hydroxylation is 1. The van der Waals surface area contributed by atoms with Crippen LogP contribution in [0.2, 0.25) is 0 Å². The van der Waals surface area contributed by atoms with Gasteiger partial charge in [0.2, 0.25) is 15.9 Å². The second-order valence-electron chi connectivity index (χ2n) is 7.93. The molecule has 3 rings (SSSR count). The van der Waals surface area contributed by atoms with E-state index in [9.17, 15) is 13.2 Å². The van der Waals surface area contributed by atoms with E-state index in [2.05, 4.69) is 17.0 Å². The van der Waals surface area contributed by atoms with Crippen molar-refractivity contribution in [3.63, 3.8) is 0 Å². The molecular weight excluding hydrogens is 426 g/mol. The zero-order valence-electron chi connectivity index (χ0n) is 19.2. The molecule has 2 aromatic rings. The number of carbonyl (C=O) groups is 1. The highest BCUT2D eigenvalue weighted by Crippen LogP contribution is 2.24. The lowest BCUT2D eigenvalue weighted by atomic mass is 10.2. The van der Waals surface area contributed by atoms with E-state index in [0.29, 0.717) is 25.4 Å². The third kappa shape index (κ3) is 5.88. The smallest absolute Gasteiger partial charge is 0.243 e. The molecule has 7 nitrogen and oxygen atoms in total. The molecule has 1 aliphatic rings. The first-order chi connectivity index (χ1) is 15.3. The van der Waals surface area contributed by atoms with Crippen molar-refractivity contribution in [2.75, 3.05) is 45.9 Å². The maximum Gasteiger partial charge on any atom is 0.243 e. The van der Waals surface area contributed by atoms with E-state index in [1.807, 2.05) is 32.0 Å². The number of nitrogens with zero attached hydrogens (tertiary/aromatic N) is 3. The van der Waals surface area contributed by atoms with Crippen LogP contribution in [0.5, 0.6) is 5.75 Å². The Morgan fingerprint density at radius 2 is 1.72 bits per heavy atom. The van der Waals surface area contributed by atoms with Crippen molar-refractivity contribution < 1.29 is 17.9 Å². The zero-order chi connectivity index (χ0) is 23.1. The number of benzene rings is 2. The summed E-state index contributed by atoms with van der Waals surface area (Å²) in [6.07, 6.45) is 0. The van der Waals surface area contributed by atoms with Gasteiger partial charge in [0.25, 0.3) is 0 Å². The number of ether oxygens (including phenoxy) is 1. The Labute approximate surface area is 191 Å². The average Bonchev–Trinajstić information content (AvgIpc) is 2.79. The number of likely N-dealkylation sites (N-methyl/N-ethyl adjacent to an activating group) is 1. The summed E-state index contributed by atoms with van der Waals surface area (Å²) in [5.41, 5.74) is 2.01. The number of sulfonamides is 1. The third-order valence-corrected chi connectivity index (χ3v) is 7.64. The summed E-state index contributed by atoms with van der Waals surface area (Å²) in [7, 11) is -3.77. The van der Waals surface area contributed by atoms with Crippen LogP contribution < -0.4 is 4.74 Å². The summed E-state index contributed by atoms with van der Waals surface area (Å²) < 4.78 is 33.1. The number of carbonyl (C=O) groups excluding carboxylic acids is 1. The predicted molar refractivity (Wildman–Crippen MR) is 125 cm³/mol. The summed E-state index contributed by atoms with van der Waals surface area (Å²) >= 11 is 0. The third-order valence-electron chi connectivity index (χ3n) is 5.72. The van der Waals surface area contributed by atoms with Crippen molar-refractivity contribution in [1.82, 2.24) is 14.1 Å².